The fraction of sp³-hybridized carbons (Fsp3) is 0.565. The molecule has 2 aromatic heterocycles. The minimum Gasteiger partial charge on any atom is -0.477 e. The molecule has 1 aliphatic heterocycles. The molecule has 11 nitrogen and oxygen atoms in total. The predicted octanol–water partition coefficient (Wildman–Crippen LogP) is 1.66. The summed E-state index contributed by atoms with van der Waals surface area (Å²) in [6.07, 6.45) is 2.83. The number of carbonyl (C=O) groups excluding carboxylic acids is 2. The van der Waals surface area contributed by atoms with Crippen LogP contribution in [0.1, 0.15) is 60.7 Å². The zero-order chi connectivity index (χ0) is 25.5. The van der Waals surface area contributed by atoms with E-state index in [2.05, 4.69) is 27.2 Å². The zero-order valence-electron chi connectivity index (χ0n) is 20.9. The summed E-state index contributed by atoms with van der Waals surface area (Å²) in [6, 6.07) is 1.54. The number of rotatable bonds is 11. The minimum absolute atomic E-state index is 0.00287. The van der Waals surface area contributed by atoms with E-state index in [1.165, 1.54) is 6.20 Å². The monoisotopic (exact) mass is 505 g/mol. The number of ether oxygens (including phenoxy) is 1. The Morgan fingerprint density at radius 3 is 2.46 bits per heavy atom. The maximum Gasteiger partial charge on any atom is 0.271 e. The van der Waals surface area contributed by atoms with Gasteiger partial charge in [0, 0.05) is 38.9 Å². The van der Waals surface area contributed by atoms with Gasteiger partial charge in [0.05, 0.1) is 22.9 Å². The quantitative estimate of drug-likeness (QED) is 0.474. The van der Waals surface area contributed by atoms with Crippen molar-refractivity contribution in [1.82, 2.24) is 24.0 Å². The lowest BCUT2D eigenvalue weighted by Gasteiger charge is -2.32. The van der Waals surface area contributed by atoms with E-state index in [0.717, 1.165) is 26.1 Å². The van der Waals surface area contributed by atoms with Crippen molar-refractivity contribution in [3.63, 3.8) is 0 Å². The van der Waals surface area contributed by atoms with Crippen LogP contribution < -0.4 is 15.8 Å². The number of amides is 2. The Labute approximate surface area is 208 Å². The van der Waals surface area contributed by atoms with Gasteiger partial charge in [-0.25, -0.2) is 13.5 Å². The molecule has 12 heteroatoms. The third-order valence-corrected chi connectivity index (χ3v) is 7.33. The Balaban J connectivity index is 1.93. The molecule has 1 atom stereocenters. The molecule has 3 N–H and O–H groups in total. The summed E-state index contributed by atoms with van der Waals surface area (Å²) < 4.78 is 22.4. The molecule has 0 spiro atoms. The molecular formula is C23H35N7O4S. The number of carbonyl (C=O) groups is 2. The number of piperazine rings is 1. The number of hydrogen-bond donors (Lipinski definition) is 2. The van der Waals surface area contributed by atoms with Gasteiger partial charge in [0.15, 0.2) is 5.69 Å². The van der Waals surface area contributed by atoms with Gasteiger partial charge in [-0.2, -0.15) is 5.10 Å². The maximum atomic E-state index is 13.4. The van der Waals surface area contributed by atoms with Crippen LogP contribution in [0.4, 0.5) is 5.69 Å². The number of nitrogens with one attached hydrogen (secondary N) is 1. The molecule has 192 valence electrons. The fourth-order valence-electron chi connectivity index (χ4n) is 4.04. The van der Waals surface area contributed by atoms with Crippen LogP contribution in [0, 0.1) is 0 Å². The number of likely N-dealkylation sites (N-methyl/N-ethyl adjacent to an activating group) is 1. The lowest BCUT2D eigenvalue weighted by Crippen LogP contribution is -2.46. The first-order chi connectivity index (χ1) is 16.8. The van der Waals surface area contributed by atoms with E-state index >= 15 is 0 Å². The molecule has 0 aromatic carbocycles. The van der Waals surface area contributed by atoms with Gasteiger partial charge in [0.2, 0.25) is 5.88 Å². The summed E-state index contributed by atoms with van der Waals surface area (Å²) in [6.45, 7) is 12.6. The first kappa shape index (κ1) is 26.8. The summed E-state index contributed by atoms with van der Waals surface area (Å²) in [7, 11) is -1.47. The van der Waals surface area contributed by atoms with E-state index in [1.807, 2.05) is 18.2 Å². The van der Waals surface area contributed by atoms with Crippen molar-refractivity contribution in [3.05, 3.63) is 29.2 Å². The fourth-order valence-corrected chi connectivity index (χ4v) is 5.20. The third kappa shape index (κ3) is 6.06. The van der Waals surface area contributed by atoms with Crippen molar-refractivity contribution in [2.24, 2.45) is 5.73 Å². The number of nitrogens with zero attached hydrogens (tertiary/aromatic N) is 5. The molecule has 0 bridgehead atoms. The maximum absolute atomic E-state index is 13.4. The zero-order valence-corrected chi connectivity index (χ0v) is 21.7. The minimum atomic E-state index is -1.47. The highest BCUT2D eigenvalue weighted by Gasteiger charge is 2.27. The van der Waals surface area contributed by atoms with Crippen LogP contribution in [0.5, 0.6) is 5.88 Å². The average Bonchev–Trinajstić information content (AvgIpc) is 3.21. The summed E-state index contributed by atoms with van der Waals surface area (Å²) in [5.41, 5.74) is 6.67. The van der Waals surface area contributed by atoms with Crippen molar-refractivity contribution in [2.75, 3.05) is 44.6 Å². The molecule has 35 heavy (non-hydrogen) atoms. The van der Waals surface area contributed by atoms with Crippen molar-refractivity contribution >= 4 is 28.5 Å². The number of hydrogen-bond acceptors (Lipinski definition) is 7. The second-order valence-electron chi connectivity index (χ2n) is 8.13. The summed E-state index contributed by atoms with van der Waals surface area (Å²) >= 11 is 0. The summed E-state index contributed by atoms with van der Waals surface area (Å²) in [4.78, 5) is 32.5. The molecule has 1 aliphatic rings. The number of aryl methyl sites for hydroxylation is 1. The second kappa shape index (κ2) is 12.2. The Morgan fingerprint density at radius 2 is 1.89 bits per heavy atom. The van der Waals surface area contributed by atoms with Crippen LogP contribution in [-0.2, 0) is 24.0 Å². The number of anilines is 1. The van der Waals surface area contributed by atoms with Crippen molar-refractivity contribution in [3.8, 4) is 5.88 Å². The molecule has 1 fully saturated rings. The standard InChI is InChI=1S/C23H35N7O4S/c1-5-9-30-18(6-2)19(20(27-30)21(24)31)26-22(32)17-14-16(15-25-23(17)34-8-4)35(33)29-12-10-28(7-3)11-13-29/h14-15H,5-13H2,1-4H3,(H2,24,31)(H,26,32). The molecule has 1 saturated heterocycles. The molecule has 2 aromatic rings. The highest BCUT2D eigenvalue weighted by molar-refractivity contribution is 7.82. The van der Waals surface area contributed by atoms with Crippen LogP contribution in [0.3, 0.4) is 0 Å². The predicted molar refractivity (Wildman–Crippen MR) is 134 cm³/mol. The lowest BCUT2D eigenvalue weighted by atomic mass is 10.2. The number of nitrogens with two attached hydrogens (primary N) is 1. The number of primary amides is 1. The third-order valence-electron chi connectivity index (χ3n) is 5.87. The van der Waals surface area contributed by atoms with Gasteiger partial charge in [-0.05, 0) is 32.4 Å². The molecule has 0 saturated carbocycles. The molecular weight excluding hydrogens is 470 g/mol. The van der Waals surface area contributed by atoms with Crippen LogP contribution >= 0.6 is 0 Å². The van der Waals surface area contributed by atoms with E-state index in [1.54, 1.807) is 17.7 Å². The van der Waals surface area contributed by atoms with Gasteiger partial charge in [0.25, 0.3) is 11.8 Å². The van der Waals surface area contributed by atoms with Crippen LogP contribution in [-0.4, -0.2) is 79.3 Å². The lowest BCUT2D eigenvalue weighted by molar-refractivity contribution is 0.0995. The second-order valence-corrected chi connectivity index (χ2v) is 9.62. The SMILES string of the molecule is CCCn1nc(C(N)=O)c(NC(=O)c2cc(S(=O)N3CCN(CC)CC3)cnc2OCC)c1CC. The molecule has 2 amide bonds. The van der Waals surface area contributed by atoms with Crippen LogP contribution in [0.25, 0.3) is 0 Å². The van der Waals surface area contributed by atoms with E-state index in [-0.39, 0.29) is 22.8 Å². The molecule has 1 unspecified atom stereocenters. The van der Waals surface area contributed by atoms with Gasteiger partial charge >= 0.3 is 0 Å². The van der Waals surface area contributed by atoms with E-state index in [4.69, 9.17) is 10.5 Å². The normalized spacial score (nSPS) is 15.7. The van der Waals surface area contributed by atoms with Crippen LogP contribution in [0.15, 0.2) is 17.2 Å². The van der Waals surface area contributed by atoms with Crippen molar-refractivity contribution in [1.29, 1.82) is 0 Å². The van der Waals surface area contributed by atoms with E-state index in [9.17, 15) is 13.8 Å². The van der Waals surface area contributed by atoms with Gasteiger partial charge < -0.3 is 20.7 Å². The van der Waals surface area contributed by atoms with Crippen molar-refractivity contribution in [2.45, 2.75) is 52.0 Å². The van der Waals surface area contributed by atoms with Crippen molar-refractivity contribution < 1.29 is 18.5 Å². The average molecular weight is 506 g/mol. The summed E-state index contributed by atoms with van der Waals surface area (Å²) in [5, 5.41) is 7.12. The summed E-state index contributed by atoms with van der Waals surface area (Å²) in [5.74, 6) is -1.14. The largest absolute Gasteiger partial charge is 0.477 e. The van der Waals surface area contributed by atoms with Gasteiger partial charge in [-0.1, -0.05) is 20.8 Å². The van der Waals surface area contributed by atoms with Gasteiger partial charge in [-0.3, -0.25) is 14.3 Å². The van der Waals surface area contributed by atoms with Gasteiger partial charge in [-0.15, -0.1) is 0 Å². The Bertz CT molecular complexity index is 1080. The number of aromatic nitrogens is 3. The van der Waals surface area contributed by atoms with Gasteiger partial charge in [0.1, 0.15) is 16.5 Å². The topological polar surface area (TPSA) is 136 Å². The Morgan fingerprint density at radius 1 is 1.17 bits per heavy atom. The molecule has 0 aliphatic carbocycles. The highest BCUT2D eigenvalue weighted by Crippen LogP contribution is 2.26. The molecule has 3 rings (SSSR count). The Kier molecular flexibility index (Phi) is 9.35. The highest BCUT2D eigenvalue weighted by atomic mass is 32.2. The smallest absolute Gasteiger partial charge is 0.271 e. The molecule has 0 radical (unpaired) electrons. The van der Waals surface area contributed by atoms with Crippen LogP contribution in [0.2, 0.25) is 0 Å². The first-order valence-corrected chi connectivity index (χ1v) is 13.2. The number of pyridine rings is 1. The van der Waals surface area contributed by atoms with E-state index in [0.29, 0.717) is 43.3 Å². The van der Waals surface area contributed by atoms with E-state index < -0.39 is 22.8 Å². The Hall–Kier alpha value is -2.83. The molecule has 3 heterocycles. The first-order valence-electron chi connectivity index (χ1n) is 12.1.